The van der Waals surface area contributed by atoms with Crippen LogP contribution in [0.3, 0.4) is 0 Å². The number of rotatable bonds is 3. The van der Waals surface area contributed by atoms with Gasteiger partial charge < -0.3 is 5.32 Å². The fraction of sp³-hybridized carbons (Fsp3) is 0.286. The van der Waals surface area contributed by atoms with Crippen LogP contribution in [-0.2, 0) is 0 Å². The molecular weight excluding hydrogens is 330 g/mol. The number of halogens is 2. The molecule has 0 aliphatic heterocycles. The molecule has 1 atom stereocenters. The molecule has 1 nitrogen and oxygen atoms in total. The monoisotopic (exact) mass is 343 g/mol. The van der Waals surface area contributed by atoms with Crippen molar-refractivity contribution >= 4 is 38.9 Å². The molecule has 1 aromatic heterocycles. The van der Waals surface area contributed by atoms with Crippen molar-refractivity contribution in [2.24, 2.45) is 0 Å². The first kappa shape index (κ1) is 14.1. The first-order chi connectivity index (χ1) is 8.52. The van der Waals surface area contributed by atoms with Gasteiger partial charge in [0.05, 0.1) is 9.83 Å². The molecule has 1 aromatic carbocycles. The van der Waals surface area contributed by atoms with Crippen LogP contribution < -0.4 is 5.32 Å². The highest BCUT2D eigenvalue weighted by Gasteiger charge is 2.16. The molecule has 1 unspecified atom stereocenters. The summed E-state index contributed by atoms with van der Waals surface area (Å²) in [4.78, 5) is 1.29. The third-order valence-electron chi connectivity index (χ3n) is 2.98. The van der Waals surface area contributed by atoms with Crippen molar-refractivity contribution in [3.63, 3.8) is 0 Å². The van der Waals surface area contributed by atoms with Crippen LogP contribution in [0.15, 0.2) is 28.1 Å². The molecule has 0 radical (unpaired) electrons. The quantitative estimate of drug-likeness (QED) is 0.818. The van der Waals surface area contributed by atoms with Crippen molar-refractivity contribution in [1.82, 2.24) is 5.32 Å². The summed E-state index contributed by atoms with van der Waals surface area (Å²) in [6, 6.07) is 8.64. The zero-order chi connectivity index (χ0) is 13.3. The van der Waals surface area contributed by atoms with Crippen molar-refractivity contribution in [1.29, 1.82) is 0 Å². The van der Waals surface area contributed by atoms with E-state index in [0.29, 0.717) is 0 Å². The number of hydrogen-bond donors (Lipinski definition) is 1. The second-order valence-corrected chi connectivity index (χ2v) is 7.14. The summed E-state index contributed by atoms with van der Waals surface area (Å²) in [5, 5.41) is 4.17. The predicted molar refractivity (Wildman–Crippen MR) is 83.8 cm³/mol. The van der Waals surface area contributed by atoms with Gasteiger partial charge >= 0.3 is 0 Å². The molecule has 2 rings (SSSR count). The maximum Gasteiger partial charge on any atom is 0.0731 e. The number of thiophene rings is 1. The van der Waals surface area contributed by atoms with E-state index in [2.05, 4.69) is 46.4 Å². The summed E-state index contributed by atoms with van der Waals surface area (Å²) in [5.74, 6) is 0. The Balaban J connectivity index is 2.41. The van der Waals surface area contributed by atoms with Gasteiger partial charge in [-0.25, -0.2) is 0 Å². The Kier molecular flexibility index (Phi) is 4.49. The lowest BCUT2D eigenvalue weighted by molar-refractivity contribution is 0.703. The predicted octanol–water partition coefficient (Wildman–Crippen LogP) is 5.09. The highest BCUT2D eigenvalue weighted by atomic mass is 79.9. The van der Waals surface area contributed by atoms with Gasteiger partial charge in [0.1, 0.15) is 0 Å². The van der Waals surface area contributed by atoms with E-state index in [4.69, 9.17) is 11.6 Å². The van der Waals surface area contributed by atoms with Gasteiger partial charge in [0.15, 0.2) is 0 Å². The van der Waals surface area contributed by atoms with E-state index in [1.54, 1.807) is 11.3 Å². The molecule has 0 saturated heterocycles. The van der Waals surface area contributed by atoms with E-state index >= 15 is 0 Å². The van der Waals surface area contributed by atoms with Gasteiger partial charge in [0.2, 0.25) is 0 Å². The van der Waals surface area contributed by atoms with Crippen molar-refractivity contribution < 1.29 is 0 Å². The Hall–Kier alpha value is -0.350. The second kappa shape index (κ2) is 5.74. The molecule has 0 spiro atoms. The summed E-state index contributed by atoms with van der Waals surface area (Å²) >= 11 is 11.5. The largest absolute Gasteiger partial charge is 0.309 e. The van der Waals surface area contributed by atoms with E-state index in [1.807, 2.05) is 20.0 Å². The van der Waals surface area contributed by atoms with E-state index < -0.39 is 0 Å². The topological polar surface area (TPSA) is 12.0 Å². The fourth-order valence-corrected chi connectivity index (χ4v) is 3.79. The van der Waals surface area contributed by atoms with Gasteiger partial charge in [-0.05, 0) is 65.6 Å². The first-order valence-electron chi connectivity index (χ1n) is 5.72. The van der Waals surface area contributed by atoms with Crippen LogP contribution in [0.1, 0.15) is 27.6 Å². The lowest BCUT2D eigenvalue weighted by Crippen LogP contribution is -2.16. The van der Waals surface area contributed by atoms with Gasteiger partial charge in [0.25, 0.3) is 0 Å². The molecule has 0 bridgehead atoms. The first-order valence-corrected chi connectivity index (χ1v) is 7.71. The zero-order valence-electron chi connectivity index (χ0n) is 10.6. The molecule has 4 heteroatoms. The molecule has 96 valence electrons. The third-order valence-corrected chi connectivity index (χ3v) is 5.59. The fourth-order valence-electron chi connectivity index (χ4n) is 1.89. The normalized spacial score (nSPS) is 12.7. The SMILES string of the molecule is CNC(c1ccc(C)c(Cl)c1)c1cc(C)c(Br)s1. The number of benzene rings is 1. The summed E-state index contributed by atoms with van der Waals surface area (Å²) in [6.07, 6.45) is 0. The summed E-state index contributed by atoms with van der Waals surface area (Å²) in [7, 11) is 1.97. The lowest BCUT2D eigenvalue weighted by Gasteiger charge is -2.16. The molecule has 0 fully saturated rings. The Bertz CT molecular complexity index is 545. The Morgan fingerprint density at radius 1 is 1.22 bits per heavy atom. The van der Waals surface area contributed by atoms with Crippen molar-refractivity contribution in [2.45, 2.75) is 19.9 Å². The molecule has 0 amide bonds. The summed E-state index contributed by atoms with van der Waals surface area (Å²) in [6.45, 7) is 4.13. The molecule has 1 heterocycles. The lowest BCUT2D eigenvalue weighted by atomic mass is 10.0. The van der Waals surface area contributed by atoms with E-state index in [9.17, 15) is 0 Å². The molecule has 18 heavy (non-hydrogen) atoms. The van der Waals surface area contributed by atoms with Crippen LogP contribution in [-0.4, -0.2) is 7.05 Å². The smallest absolute Gasteiger partial charge is 0.0731 e. The van der Waals surface area contributed by atoms with Crippen molar-refractivity contribution in [3.8, 4) is 0 Å². The number of aryl methyl sites for hydroxylation is 2. The number of nitrogens with one attached hydrogen (secondary N) is 1. The number of hydrogen-bond acceptors (Lipinski definition) is 2. The van der Waals surface area contributed by atoms with Crippen LogP contribution >= 0.6 is 38.9 Å². The second-order valence-electron chi connectivity index (χ2n) is 4.34. The van der Waals surface area contributed by atoms with E-state index in [-0.39, 0.29) is 6.04 Å². The van der Waals surface area contributed by atoms with Gasteiger partial charge in [-0.1, -0.05) is 23.7 Å². The Labute approximate surface area is 125 Å². The molecule has 0 aliphatic carbocycles. The molecule has 2 aromatic rings. The standard InChI is InChI=1S/C14H15BrClNS/c1-8-4-5-10(7-11(8)16)13(17-3)12-6-9(2)14(15)18-12/h4-7,13,17H,1-3H3. The van der Waals surface area contributed by atoms with Crippen LogP contribution in [0.4, 0.5) is 0 Å². The van der Waals surface area contributed by atoms with Crippen LogP contribution in [0, 0.1) is 13.8 Å². The zero-order valence-corrected chi connectivity index (χ0v) is 13.7. The summed E-state index contributed by atoms with van der Waals surface area (Å²) < 4.78 is 1.19. The van der Waals surface area contributed by atoms with Gasteiger partial charge in [-0.15, -0.1) is 11.3 Å². The van der Waals surface area contributed by atoms with Gasteiger partial charge in [-0.2, -0.15) is 0 Å². The van der Waals surface area contributed by atoms with Crippen molar-refractivity contribution in [3.05, 3.63) is 54.6 Å². The maximum absolute atomic E-state index is 6.21. The summed E-state index contributed by atoms with van der Waals surface area (Å²) in [5.41, 5.74) is 3.58. The molecule has 0 aliphatic rings. The van der Waals surface area contributed by atoms with Crippen molar-refractivity contribution in [2.75, 3.05) is 7.05 Å². The maximum atomic E-state index is 6.21. The highest BCUT2D eigenvalue weighted by molar-refractivity contribution is 9.11. The van der Waals surface area contributed by atoms with Crippen LogP contribution in [0.25, 0.3) is 0 Å². The van der Waals surface area contributed by atoms with E-state index in [0.717, 1.165) is 10.6 Å². The van der Waals surface area contributed by atoms with Gasteiger partial charge in [0, 0.05) is 9.90 Å². The Morgan fingerprint density at radius 3 is 2.44 bits per heavy atom. The average molecular weight is 345 g/mol. The minimum Gasteiger partial charge on any atom is -0.309 e. The molecular formula is C14H15BrClNS. The third kappa shape index (κ3) is 2.80. The van der Waals surface area contributed by atoms with Crippen LogP contribution in [0.2, 0.25) is 5.02 Å². The molecule has 1 N–H and O–H groups in total. The highest BCUT2D eigenvalue weighted by Crippen LogP contribution is 2.35. The average Bonchev–Trinajstić information content (AvgIpc) is 2.65. The van der Waals surface area contributed by atoms with Crippen LogP contribution in [0.5, 0.6) is 0 Å². The van der Waals surface area contributed by atoms with Gasteiger partial charge in [-0.3, -0.25) is 0 Å². The molecule has 0 saturated carbocycles. The minimum absolute atomic E-state index is 0.193. The Morgan fingerprint density at radius 2 is 1.94 bits per heavy atom. The minimum atomic E-state index is 0.193. The van der Waals surface area contributed by atoms with E-state index in [1.165, 1.54) is 19.8 Å².